The van der Waals surface area contributed by atoms with Crippen LogP contribution in [0.2, 0.25) is 0 Å². The van der Waals surface area contributed by atoms with Crippen molar-refractivity contribution in [2.75, 3.05) is 0 Å². The molecule has 0 aliphatic rings. The second-order valence-corrected chi connectivity index (χ2v) is 3.41. The second-order valence-electron chi connectivity index (χ2n) is 3.41. The Kier molecular flexibility index (Phi) is 2.96. The molecule has 4 heteroatoms. The summed E-state index contributed by atoms with van der Waals surface area (Å²) in [5.41, 5.74) is 1.07. The molecule has 17 heavy (non-hydrogen) atoms. The average molecular weight is 230 g/mol. The Morgan fingerprint density at radius 2 is 1.76 bits per heavy atom. The molecule has 2 aromatic carbocycles. The van der Waals surface area contributed by atoms with Gasteiger partial charge < -0.3 is 14.9 Å². The van der Waals surface area contributed by atoms with Gasteiger partial charge in [-0.05, 0) is 18.2 Å². The quantitative estimate of drug-likeness (QED) is 0.794. The van der Waals surface area contributed by atoms with Crippen LogP contribution in [-0.2, 0) is 4.79 Å². The van der Waals surface area contributed by atoms with Crippen LogP contribution >= 0.6 is 0 Å². The summed E-state index contributed by atoms with van der Waals surface area (Å²) in [7, 11) is 0. The van der Waals surface area contributed by atoms with E-state index < -0.39 is 0 Å². The lowest BCUT2D eigenvalue weighted by molar-refractivity contribution is -0.120. The number of carbonyl (C=O) groups is 1. The molecule has 0 aliphatic carbocycles. The monoisotopic (exact) mass is 230 g/mol. The zero-order valence-electron chi connectivity index (χ0n) is 8.83. The van der Waals surface area contributed by atoms with Gasteiger partial charge in [0.15, 0.2) is 0 Å². The van der Waals surface area contributed by atoms with Gasteiger partial charge in [0.2, 0.25) is 0 Å². The van der Waals surface area contributed by atoms with Crippen molar-refractivity contribution in [1.82, 2.24) is 0 Å². The highest BCUT2D eigenvalue weighted by Gasteiger charge is 2.10. The topological polar surface area (TPSA) is 66.8 Å². The lowest BCUT2D eigenvalue weighted by atomic mass is 10.0. The molecular formula is C13H10O4. The van der Waals surface area contributed by atoms with Gasteiger partial charge in [-0.1, -0.05) is 18.2 Å². The fourth-order valence-corrected chi connectivity index (χ4v) is 1.59. The van der Waals surface area contributed by atoms with Crippen LogP contribution in [0.4, 0.5) is 0 Å². The van der Waals surface area contributed by atoms with E-state index in [1.807, 2.05) is 0 Å². The van der Waals surface area contributed by atoms with Gasteiger partial charge in [-0.3, -0.25) is 4.79 Å². The Balaban J connectivity index is 2.55. The van der Waals surface area contributed by atoms with Crippen LogP contribution in [0.25, 0.3) is 11.1 Å². The van der Waals surface area contributed by atoms with Crippen molar-refractivity contribution in [3.63, 3.8) is 0 Å². The molecule has 0 saturated carbocycles. The van der Waals surface area contributed by atoms with E-state index in [9.17, 15) is 15.0 Å². The molecule has 0 atom stereocenters. The summed E-state index contributed by atoms with van der Waals surface area (Å²) in [5.74, 6) is 0.246. The molecule has 0 aliphatic heterocycles. The molecule has 0 amide bonds. The molecule has 0 radical (unpaired) electrons. The van der Waals surface area contributed by atoms with Crippen LogP contribution in [0.3, 0.4) is 0 Å². The van der Waals surface area contributed by atoms with Crippen LogP contribution in [-0.4, -0.2) is 16.7 Å². The van der Waals surface area contributed by atoms with E-state index in [0.717, 1.165) is 0 Å². The van der Waals surface area contributed by atoms with E-state index in [-0.39, 0.29) is 11.5 Å². The second kappa shape index (κ2) is 4.57. The normalized spacial score (nSPS) is 9.88. The number of aromatic hydroxyl groups is 2. The zero-order valence-corrected chi connectivity index (χ0v) is 8.83. The maximum atomic E-state index is 10.4. The molecule has 0 heterocycles. The van der Waals surface area contributed by atoms with Crippen molar-refractivity contribution in [3.05, 3.63) is 42.5 Å². The maximum absolute atomic E-state index is 10.4. The predicted molar refractivity (Wildman–Crippen MR) is 61.9 cm³/mol. The zero-order chi connectivity index (χ0) is 12.3. The molecule has 0 fully saturated rings. The van der Waals surface area contributed by atoms with Crippen LogP contribution in [0, 0.1) is 0 Å². The number of para-hydroxylation sites is 1. The SMILES string of the molecule is O=COc1ccccc1-c1ccc(O)cc1O. The van der Waals surface area contributed by atoms with Crippen LogP contribution in [0.1, 0.15) is 0 Å². The minimum atomic E-state index is -0.0769. The van der Waals surface area contributed by atoms with Gasteiger partial charge in [0.1, 0.15) is 17.2 Å². The Labute approximate surface area is 97.7 Å². The standard InChI is InChI=1S/C13H10O4/c14-8-17-13-4-2-1-3-11(13)10-6-5-9(15)7-12(10)16/h1-8,15-16H. The number of benzene rings is 2. The van der Waals surface area contributed by atoms with Gasteiger partial charge in [-0.2, -0.15) is 0 Å². The molecule has 0 spiro atoms. The van der Waals surface area contributed by atoms with Crippen molar-refractivity contribution >= 4 is 6.47 Å². The molecule has 4 nitrogen and oxygen atoms in total. The Bertz CT molecular complexity index is 549. The highest BCUT2D eigenvalue weighted by molar-refractivity contribution is 5.77. The van der Waals surface area contributed by atoms with Gasteiger partial charge in [-0.15, -0.1) is 0 Å². The maximum Gasteiger partial charge on any atom is 0.298 e. The smallest absolute Gasteiger partial charge is 0.298 e. The molecule has 0 saturated heterocycles. The number of carbonyl (C=O) groups excluding carboxylic acids is 1. The number of phenolic OH excluding ortho intramolecular Hbond substituents is 2. The number of phenols is 2. The molecule has 0 unspecified atom stereocenters. The van der Waals surface area contributed by atoms with E-state index in [1.54, 1.807) is 30.3 Å². The summed E-state index contributed by atoms with van der Waals surface area (Å²) in [6.45, 7) is 0.330. The molecule has 86 valence electrons. The summed E-state index contributed by atoms with van der Waals surface area (Å²) < 4.78 is 4.82. The number of hydrogen-bond acceptors (Lipinski definition) is 4. The lowest BCUT2D eigenvalue weighted by Crippen LogP contribution is -1.91. The molecule has 0 bridgehead atoms. The molecule has 2 rings (SSSR count). The minimum absolute atomic E-state index is 0.0277. The van der Waals surface area contributed by atoms with Gasteiger partial charge in [0.25, 0.3) is 6.47 Å². The van der Waals surface area contributed by atoms with E-state index in [4.69, 9.17) is 4.74 Å². The van der Waals surface area contributed by atoms with Gasteiger partial charge >= 0.3 is 0 Å². The first-order valence-corrected chi connectivity index (χ1v) is 4.94. The van der Waals surface area contributed by atoms with Crippen LogP contribution in [0.15, 0.2) is 42.5 Å². The van der Waals surface area contributed by atoms with Crippen LogP contribution < -0.4 is 4.74 Å². The molecule has 2 aromatic rings. The first kappa shape index (κ1) is 11.0. The fourth-order valence-electron chi connectivity index (χ4n) is 1.59. The van der Waals surface area contributed by atoms with Crippen molar-refractivity contribution < 1.29 is 19.7 Å². The Hall–Kier alpha value is -2.49. The molecular weight excluding hydrogens is 220 g/mol. The Morgan fingerprint density at radius 1 is 1.00 bits per heavy atom. The summed E-state index contributed by atoms with van der Waals surface area (Å²) >= 11 is 0. The first-order chi connectivity index (χ1) is 8.22. The van der Waals surface area contributed by atoms with E-state index in [2.05, 4.69) is 0 Å². The molecule has 0 aromatic heterocycles. The lowest BCUT2D eigenvalue weighted by Gasteiger charge is -2.09. The number of ether oxygens (including phenoxy) is 1. The minimum Gasteiger partial charge on any atom is -0.508 e. The summed E-state index contributed by atoms with van der Waals surface area (Å²) in [4.78, 5) is 10.4. The van der Waals surface area contributed by atoms with Crippen molar-refractivity contribution in [2.45, 2.75) is 0 Å². The van der Waals surface area contributed by atoms with E-state index in [1.165, 1.54) is 12.1 Å². The van der Waals surface area contributed by atoms with Crippen molar-refractivity contribution in [2.24, 2.45) is 0 Å². The average Bonchev–Trinajstić information content (AvgIpc) is 2.31. The number of hydrogen-bond donors (Lipinski definition) is 2. The predicted octanol–water partition coefficient (Wildman–Crippen LogP) is 2.30. The summed E-state index contributed by atoms with van der Waals surface area (Å²) in [6, 6.07) is 11.1. The van der Waals surface area contributed by atoms with Crippen molar-refractivity contribution in [1.29, 1.82) is 0 Å². The molecule has 2 N–H and O–H groups in total. The highest BCUT2D eigenvalue weighted by Crippen LogP contribution is 2.37. The van der Waals surface area contributed by atoms with E-state index in [0.29, 0.717) is 23.3 Å². The third kappa shape index (κ3) is 2.20. The first-order valence-electron chi connectivity index (χ1n) is 4.94. The summed E-state index contributed by atoms with van der Waals surface area (Å²) in [5, 5.41) is 18.9. The third-order valence-corrected chi connectivity index (χ3v) is 2.33. The Morgan fingerprint density at radius 3 is 2.47 bits per heavy atom. The third-order valence-electron chi connectivity index (χ3n) is 2.33. The fraction of sp³-hybridized carbons (Fsp3) is 0. The van der Waals surface area contributed by atoms with Gasteiger partial charge in [-0.25, -0.2) is 0 Å². The van der Waals surface area contributed by atoms with E-state index >= 15 is 0 Å². The summed E-state index contributed by atoms with van der Waals surface area (Å²) in [6.07, 6.45) is 0. The van der Waals surface area contributed by atoms with Crippen molar-refractivity contribution in [3.8, 4) is 28.4 Å². The van der Waals surface area contributed by atoms with Gasteiger partial charge in [0, 0.05) is 17.2 Å². The highest BCUT2D eigenvalue weighted by atomic mass is 16.5. The number of rotatable bonds is 3. The van der Waals surface area contributed by atoms with Crippen LogP contribution in [0.5, 0.6) is 17.2 Å². The largest absolute Gasteiger partial charge is 0.508 e. The van der Waals surface area contributed by atoms with Gasteiger partial charge in [0.05, 0.1) is 0 Å².